The van der Waals surface area contributed by atoms with Gasteiger partial charge in [0, 0.05) is 16.4 Å². The van der Waals surface area contributed by atoms with Crippen LogP contribution in [0.2, 0.25) is 0 Å². The van der Waals surface area contributed by atoms with Crippen molar-refractivity contribution < 1.29 is 18.7 Å². The number of carbonyl (C=O) groups is 2. The van der Waals surface area contributed by atoms with Crippen LogP contribution < -0.4 is 0 Å². The van der Waals surface area contributed by atoms with Crippen LogP contribution in [0.25, 0.3) is 11.0 Å². The molecule has 1 aromatic heterocycles. The van der Waals surface area contributed by atoms with Crippen molar-refractivity contribution in [3.05, 3.63) is 34.5 Å². The van der Waals surface area contributed by atoms with E-state index in [0.29, 0.717) is 18.5 Å². The summed E-state index contributed by atoms with van der Waals surface area (Å²) in [6.07, 6.45) is 2.42. The topological polar surface area (TPSA) is 59.8 Å². The minimum atomic E-state index is -0.522. The van der Waals surface area contributed by atoms with Crippen LogP contribution in [-0.2, 0) is 9.53 Å². The first-order valence-corrected chi connectivity index (χ1v) is 7.97. The van der Waals surface area contributed by atoms with Crippen LogP contribution in [0.15, 0.2) is 33.2 Å². The fraction of sp³-hybridized carbons (Fsp3) is 0.375. The molecular formula is C16H16BrNO4. The van der Waals surface area contributed by atoms with E-state index in [1.54, 1.807) is 11.0 Å². The molecule has 1 saturated heterocycles. The Kier molecular flexibility index (Phi) is 4.20. The van der Waals surface area contributed by atoms with Gasteiger partial charge in [0.1, 0.15) is 11.6 Å². The number of hydrogen-bond donors (Lipinski definition) is 0. The van der Waals surface area contributed by atoms with Gasteiger partial charge in [-0.15, -0.1) is 0 Å². The van der Waals surface area contributed by atoms with Crippen molar-refractivity contribution in [3.63, 3.8) is 0 Å². The van der Waals surface area contributed by atoms with Crippen LogP contribution >= 0.6 is 15.9 Å². The summed E-state index contributed by atoms with van der Waals surface area (Å²) in [7, 11) is 1.35. The van der Waals surface area contributed by atoms with Crippen molar-refractivity contribution in [2.75, 3.05) is 13.7 Å². The van der Waals surface area contributed by atoms with E-state index >= 15 is 0 Å². The van der Waals surface area contributed by atoms with Crippen LogP contribution in [0.5, 0.6) is 0 Å². The molecule has 116 valence electrons. The summed E-state index contributed by atoms with van der Waals surface area (Å²) in [5, 5.41) is 0.859. The van der Waals surface area contributed by atoms with Gasteiger partial charge in [-0.05, 0) is 43.5 Å². The van der Waals surface area contributed by atoms with Crippen LogP contribution in [0.1, 0.15) is 29.8 Å². The number of halogens is 1. The number of esters is 1. The number of fused-ring (bicyclic) bond motifs is 1. The van der Waals surface area contributed by atoms with E-state index in [2.05, 4.69) is 15.9 Å². The third kappa shape index (κ3) is 2.75. The average Bonchev–Trinajstić information content (AvgIpc) is 2.96. The SMILES string of the molecule is COC(=O)C1CCCCN1C(=O)c1cc2ccc(Br)cc2o1. The van der Waals surface area contributed by atoms with Gasteiger partial charge in [0.05, 0.1) is 7.11 Å². The van der Waals surface area contributed by atoms with Crippen molar-refractivity contribution in [3.8, 4) is 0 Å². The first-order chi connectivity index (χ1) is 10.6. The second kappa shape index (κ2) is 6.12. The Morgan fingerprint density at radius 2 is 2.14 bits per heavy atom. The van der Waals surface area contributed by atoms with E-state index in [4.69, 9.17) is 9.15 Å². The number of hydrogen-bond acceptors (Lipinski definition) is 4. The number of rotatable bonds is 2. The van der Waals surface area contributed by atoms with E-state index in [0.717, 1.165) is 22.7 Å². The van der Waals surface area contributed by atoms with Gasteiger partial charge in [-0.3, -0.25) is 4.79 Å². The normalized spacial score (nSPS) is 18.5. The summed E-state index contributed by atoms with van der Waals surface area (Å²) in [6.45, 7) is 0.541. The quantitative estimate of drug-likeness (QED) is 0.765. The predicted octanol–water partition coefficient (Wildman–Crippen LogP) is 3.36. The Bertz CT molecular complexity index is 724. The second-order valence-electron chi connectivity index (χ2n) is 5.33. The van der Waals surface area contributed by atoms with Gasteiger partial charge >= 0.3 is 5.97 Å². The van der Waals surface area contributed by atoms with E-state index in [1.165, 1.54) is 7.11 Å². The highest BCUT2D eigenvalue weighted by molar-refractivity contribution is 9.10. The van der Waals surface area contributed by atoms with Crippen molar-refractivity contribution in [2.24, 2.45) is 0 Å². The molecule has 0 saturated carbocycles. The molecule has 2 heterocycles. The largest absolute Gasteiger partial charge is 0.467 e. The van der Waals surface area contributed by atoms with E-state index in [9.17, 15) is 9.59 Å². The van der Waals surface area contributed by atoms with Crippen molar-refractivity contribution in [2.45, 2.75) is 25.3 Å². The lowest BCUT2D eigenvalue weighted by molar-refractivity contribution is -0.147. The Labute approximate surface area is 136 Å². The van der Waals surface area contributed by atoms with E-state index in [-0.39, 0.29) is 17.6 Å². The maximum atomic E-state index is 12.7. The van der Waals surface area contributed by atoms with Crippen LogP contribution in [0.3, 0.4) is 0 Å². The molecular weight excluding hydrogens is 350 g/mol. The molecule has 0 N–H and O–H groups in total. The van der Waals surface area contributed by atoms with Crippen LogP contribution in [-0.4, -0.2) is 36.5 Å². The zero-order chi connectivity index (χ0) is 15.7. The molecule has 22 heavy (non-hydrogen) atoms. The molecule has 1 fully saturated rings. The van der Waals surface area contributed by atoms with Gasteiger partial charge in [0.15, 0.2) is 5.76 Å². The molecule has 6 heteroatoms. The van der Waals surface area contributed by atoms with Gasteiger partial charge in [-0.25, -0.2) is 4.79 Å². The van der Waals surface area contributed by atoms with Gasteiger partial charge in [-0.2, -0.15) is 0 Å². The fourth-order valence-electron chi connectivity index (χ4n) is 2.81. The molecule has 1 atom stereocenters. The first kappa shape index (κ1) is 15.1. The minimum absolute atomic E-state index is 0.254. The van der Waals surface area contributed by atoms with Gasteiger partial charge in [0.25, 0.3) is 5.91 Å². The van der Waals surface area contributed by atoms with E-state index in [1.807, 2.05) is 18.2 Å². The summed E-state index contributed by atoms with van der Waals surface area (Å²) in [6, 6.07) is 6.79. The summed E-state index contributed by atoms with van der Waals surface area (Å²) < 4.78 is 11.4. The van der Waals surface area contributed by atoms with E-state index < -0.39 is 6.04 Å². The maximum Gasteiger partial charge on any atom is 0.328 e. The van der Waals surface area contributed by atoms with Crippen LogP contribution in [0.4, 0.5) is 0 Å². The summed E-state index contributed by atoms with van der Waals surface area (Å²) in [5.41, 5.74) is 0.643. The fourth-order valence-corrected chi connectivity index (χ4v) is 3.15. The number of piperidine rings is 1. The van der Waals surface area contributed by atoms with Crippen molar-refractivity contribution >= 4 is 38.8 Å². The smallest absolute Gasteiger partial charge is 0.328 e. The molecule has 1 aliphatic rings. The molecule has 3 rings (SSSR count). The number of likely N-dealkylation sites (tertiary alicyclic amines) is 1. The first-order valence-electron chi connectivity index (χ1n) is 7.18. The molecule has 0 spiro atoms. The lowest BCUT2D eigenvalue weighted by atomic mass is 10.0. The Morgan fingerprint density at radius 3 is 2.91 bits per heavy atom. The molecule has 0 bridgehead atoms. The molecule has 1 aromatic carbocycles. The van der Waals surface area contributed by atoms with Gasteiger partial charge in [0.2, 0.25) is 0 Å². The number of benzene rings is 1. The second-order valence-corrected chi connectivity index (χ2v) is 6.24. The highest BCUT2D eigenvalue weighted by atomic mass is 79.9. The highest BCUT2D eigenvalue weighted by Crippen LogP contribution is 2.26. The number of nitrogens with zero attached hydrogens (tertiary/aromatic N) is 1. The zero-order valence-electron chi connectivity index (χ0n) is 12.2. The number of methoxy groups -OCH3 is 1. The Hall–Kier alpha value is -1.82. The molecule has 1 amide bonds. The third-order valence-electron chi connectivity index (χ3n) is 3.93. The van der Waals surface area contributed by atoms with Gasteiger partial charge < -0.3 is 14.1 Å². The molecule has 5 nitrogen and oxygen atoms in total. The Morgan fingerprint density at radius 1 is 1.32 bits per heavy atom. The summed E-state index contributed by atoms with van der Waals surface area (Å²) in [5.74, 6) is -0.377. The molecule has 0 aliphatic carbocycles. The molecule has 0 radical (unpaired) electrons. The summed E-state index contributed by atoms with van der Waals surface area (Å²) >= 11 is 3.38. The number of carbonyl (C=O) groups excluding carboxylic acids is 2. The number of amides is 1. The summed E-state index contributed by atoms with van der Waals surface area (Å²) in [4.78, 5) is 26.1. The Balaban J connectivity index is 1.91. The predicted molar refractivity (Wildman–Crippen MR) is 84.6 cm³/mol. The standard InChI is InChI=1S/C16H16BrNO4/c1-21-16(20)12-4-2-3-7-18(12)15(19)14-8-10-5-6-11(17)9-13(10)22-14/h5-6,8-9,12H,2-4,7H2,1H3. The monoisotopic (exact) mass is 365 g/mol. The van der Waals surface area contributed by atoms with Crippen LogP contribution in [0, 0.1) is 0 Å². The van der Waals surface area contributed by atoms with Gasteiger partial charge in [-0.1, -0.05) is 15.9 Å². The molecule has 1 unspecified atom stereocenters. The van der Waals surface area contributed by atoms with Crippen molar-refractivity contribution in [1.29, 1.82) is 0 Å². The van der Waals surface area contributed by atoms with Crippen molar-refractivity contribution in [1.82, 2.24) is 4.90 Å². The maximum absolute atomic E-state index is 12.7. The average molecular weight is 366 g/mol. The lowest BCUT2D eigenvalue weighted by Gasteiger charge is -2.33. The zero-order valence-corrected chi connectivity index (χ0v) is 13.8. The lowest BCUT2D eigenvalue weighted by Crippen LogP contribution is -2.48. The number of ether oxygens (including phenoxy) is 1. The highest BCUT2D eigenvalue weighted by Gasteiger charge is 2.34. The third-order valence-corrected chi connectivity index (χ3v) is 4.42. The molecule has 2 aromatic rings. The minimum Gasteiger partial charge on any atom is -0.467 e. The molecule has 1 aliphatic heterocycles. The number of furan rings is 1.